The number of benzene rings is 2. The molecule has 0 atom stereocenters. The molecule has 2 heteroatoms. The van der Waals surface area contributed by atoms with Crippen LogP contribution in [-0.2, 0) is 0 Å². The first-order chi connectivity index (χ1) is 11.9. The Bertz CT molecular complexity index is 565. The minimum absolute atomic E-state index is 1.27. The van der Waals surface area contributed by atoms with E-state index in [4.69, 9.17) is 0 Å². The van der Waals surface area contributed by atoms with Gasteiger partial charge in [0.1, 0.15) is 0 Å². The SMILES string of the molecule is CCCCCCCCCCCCSSc1ccc2ccccc2c1. The van der Waals surface area contributed by atoms with Crippen LogP contribution in [0.3, 0.4) is 0 Å². The van der Waals surface area contributed by atoms with Gasteiger partial charge in [0.2, 0.25) is 0 Å². The van der Waals surface area contributed by atoms with Gasteiger partial charge in [0.25, 0.3) is 0 Å². The highest BCUT2D eigenvalue weighted by atomic mass is 33.1. The van der Waals surface area contributed by atoms with Gasteiger partial charge >= 0.3 is 0 Å². The van der Waals surface area contributed by atoms with Crippen LogP contribution in [0.2, 0.25) is 0 Å². The van der Waals surface area contributed by atoms with Gasteiger partial charge < -0.3 is 0 Å². The van der Waals surface area contributed by atoms with Crippen molar-refractivity contribution in [2.24, 2.45) is 0 Å². The molecule has 0 spiro atoms. The summed E-state index contributed by atoms with van der Waals surface area (Å²) in [5, 5.41) is 2.68. The number of fused-ring (bicyclic) bond motifs is 1. The van der Waals surface area contributed by atoms with Crippen LogP contribution in [0.25, 0.3) is 10.8 Å². The van der Waals surface area contributed by atoms with E-state index in [2.05, 4.69) is 49.4 Å². The smallest absolute Gasteiger partial charge is 0.0189 e. The van der Waals surface area contributed by atoms with E-state index in [-0.39, 0.29) is 0 Å². The molecule has 0 bridgehead atoms. The molecule has 0 saturated carbocycles. The third kappa shape index (κ3) is 7.98. The Morgan fingerprint density at radius 1 is 0.667 bits per heavy atom. The molecule has 0 radical (unpaired) electrons. The monoisotopic (exact) mass is 360 g/mol. The van der Waals surface area contributed by atoms with Crippen LogP contribution < -0.4 is 0 Å². The Kier molecular flexibility index (Phi) is 10.5. The summed E-state index contributed by atoms with van der Waals surface area (Å²) in [5.74, 6) is 1.27. The van der Waals surface area contributed by atoms with E-state index in [1.807, 2.05) is 21.6 Å². The topological polar surface area (TPSA) is 0 Å². The lowest BCUT2D eigenvalue weighted by Crippen LogP contribution is -1.83. The first kappa shape index (κ1) is 19.7. The number of hydrogen-bond donors (Lipinski definition) is 0. The predicted octanol–water partition coefficient (Wildman–Crippen LogP) is 8.50. The second-order valence-corrected chi connectivity index (χ2v) is 9.09. The van der Waals surface area contributed by atoms with Crippen LogP contribution in [0.15, 0.2) is 47.4 Å². The van der Waals surface area contributed by atoms with Gasteiger partial charge in [0.15, 0.2) is 0 Å². The van der Waals surface area contributed by atoms with E-state index in [9.17, 15) is 0 Å². The van der Waals surface area contributed by atoms with Gasteiger partial charge in [-0.2, -0.15) is 0 Å². The molecule has 0 aliphatic carbocycles. The third-order valence-corrected chi connectivity index (χ3v) is 6.91. The summed E-state index contributed by atoms with van der Waals surface area (Å²) < 4.78 is 0. The first-order valence-electron chi connectivity index (χ1n) is 9.68. The van der Waals surface area contributed by atoms with Crippen LogP contribution in [-0.4, -0.2) is 5.75 Å². The normalized spacial score (nSPS) is 11.2. The van der Waals surface area contributed by atoms with Crippen LogP contribution >= 0.6 is 21.6 Å². The minimum atomic E-state index is 1.27. The Hall–Kier alpha value is -0.600. The fraction of sp³-hybridized carbons (Fsp3) is 0.545. The van der Waals surface area contributed by atoms with E-state index >= 15 is 0 Å². The molecule has 0 amide bonds. The summed E-state index contributed by atoms with van der Waals surface area (Å²) >= 11 is 0. The average molecular weight is 361 g/mol. The summed E-state index contributed by atoms with van der Waals surface area (Å²) in [6, 6.07) is 15.4. The second-order valence-electron chi connectivity index (χ2n) is 6.60. The van der Waals surface area contributed by atoms with E-state index in [0.717, 1.165) is 0 Å². The maximum atomic E-state index is 2.31. The van der Waals surface area contributed by atoms with Gasteiger partial charge in [-0.25, -0.2) is 0 Å². The molecule has 0 aliphatic heterocycles. The first-order valence-corrected chi connectivity index (χ1v) is 12.0. The van der Waals surface area contributed by atoms with Crippen LogP contribution in [0.1, 0.15) is 71.1 Å². The van der Waals surface area contributed by atoms with Crippen molar-refractivity contribution >= 4 is 32.4 Å². The van der Waals surface area contributed by atoms with Crippen molar-refractivity contribution in [3.05, 3.63) is 42.5 Å². The summed E-state index contributed by atoms with van der Waals surface area (Å²) in [4.78, 5) is 1.38. The standard InChI is InChI=1S/C22H32S2/c1-2-3-4-5-6-7-8-9-10-13-18-23-24-22-17-16-20-14-11-12-15-21(20)19-22/h11-12,14-17,19H,2-10,13,18H2,1H3. The lowest BCUT2D eigenvalue weighted by molar-refractivity contribution is 0.563. The summed E-state index contributed by atoms with van der Waals surface area (Å²) in [6.07, 6.45) is 14.2. The van der Waals surface area contributed by atoms with E-state index in [0.29, 0.717) is 0 Å². The molecule has 2 aromatic carbocycles. The van der Waals surface area contributed by atoms with E-state index < -0.39 is 0 Å². The van der Waals surface area contributed by atoms with Crippen molar-refractivity contribution in [3.63, 3.8) is 0 Å². The highest BCUT2D eigenvalue weighted by Gasteiger charge is 1.98. The number of unbranched alkanes of at least 4 members (excludes halogenated alkanes) is 9. The Morgan fingerprint density at radius 2 is 1.29 bits per heavy atom. The molecule has 0 unspecified atom stereocenters. The van der Waals surface area contributed by atoms with Crippen molar-refractivity contribution in [2.75, 3.05) is 5.75 Å². The third-order valence-electron chi connectivity index (χ3n) is 4.46. The fourth-order valence-corrected chi connectivity index (χ4v) is 5.14. The second kappa shape index (κ2) is 12.7. The zero-order valence-corrected chi connectivity index (χ0v) is 16.8. The van der Waals surface area contributed by atoms with Crippen LogP contribution in [0.5, 0.6) is 0 Å². The molecular formula is C22H32S2. The van der Waals surface area contributed by atoms with Gasteiger partial charge in [-0.05, 0) is 29.3 Å². The quantitative estimate of drug-likeness (QED) is 0.259. The van der Waals surface area contributed by atoms with Crippen molar-refractivity contribution in [3.8, 4) is 0 Å². The van der Waals surface area contributed by atoms with E-state index in [1.165, 1.54) is 85.6 Å². The van der Waals surface area contributed by atoms with Gasteiger partial charge in [0.05, 0.1) is 0 Å². The lowest BCUT2D eigenvalue weighted by Gasteiger charge is -2.04. The molecule has 0 fully saturated rings. The molecule has 24 heavy (non-hydrogen) atoms. The zero-order chi connectivity index (χ0) is 16.9. The van der Waals surface area contributed by atoms with Crippen molar-refractivity contribution in [2.45, 2.75) is 76.0 Å². The Balaban J connectivity index is 1.46. The molecule has 132 valence electrons. The van der Waals surface area contributed by atoms with Crippen molar-refractivity contribution in [1.29, 1.82) is 0 Å². The van der Waals surface area contributed by atoms with Crippen LogP contribution in [0.4, 0.5) is 0 Å². The Morgan fingerprint density at radius 3 is 2.00 bits per heavy atom. The molecule has 0 heterocycles. The lowest BCUT2D eigenvalue weighted by atomic mass is 10.1. The molecular weight excluding hydrogens is 328 g/mol. The van der Waals surface area contributed by atoms with Gasteiger partial charge in [-0.15, -0.1) is 0 Å². The molecule has 0 saturated heterocycles. The predicted molar refractivity (Wildman–Crippen MR) is 114 cm³/mol. The molecule has 0 aromatic heterocycles. The molecule has 2 rings (SSSR count). The maximum absolute atomic E-state index is 2.31. The van der Waals surface area contributed by atoms with Gasteiger partial charge in [0, 0.05) is 10.6 Å². The minimum Gasteiger partial charge on any atom is -0.0889 e. The van der Waals surface area contributed by atoms with Gasteiger partial charge in [-0.1, -0.05) is 117 Å². The summed E-state index contributed by atoms with van der Waals surface area (Å²) in [7, 11) is 3.94. The summed E-state index contributed by atoms with van der Waals surface area (Å²) in [5.41, 5.74) is 0. The number of rotatable bonds is 13. The highest BCUT2D eigenvalue weighted by Crippen LogP contribution is 2.33. The largest absolute Gasteiger partial charge is 0.0889 e. The highest BCUT2D eigenvalue weighted by molar-refractivity contribution is 8.76. The van der Waals surface area contributed by atoms with Crippen molar-refractivity contribution < 1.29 is 0 Å². The van der Waals surface area contributed by atoms with Crippen molar-refractivity contribution in [1.82, 2.24) is 0 Å². The average Bonchev–Trinajstić information content (AvgIpc) is 2.62. The maximum Gasteiger partial charge on any atom is 0.0189 e. The Labute approximate surface area is 156 Å². The summed E-state index contributed by atoms with van der Waals surface area (Å²) in [6.45, 7) is 2.29. The number of hydrogen-bond acceptors (Lipinski definition) is 2. The zero-order valence-electron chi connectivity index (χ0n) is 15.1. The van der Waals surface area contributed by atoms with Gasteiger partial charge in [-0.3, -0.25) is 0 Å². The molecule has 0 aliphatic rings. The molecule has 0 N–H and O–H groups in total. The van der Waals surface area contributed by atoms with Crippen LogP contribution in [0, 0.1) is 0 Å². The molecule has 2 aromatic rings. The van der Waals surface area contributed by atoms with E-state index in [1.54, 1.807) is 0 Å². The molecule has 0 nitrogen and oxygen atoms in total. The fourth-order valence-electron chi connectivity index (χ4n) is 2.98.